The number of para-hydroxylation sites is 1. The zero-order chi connectivity index (χ0) is 18.4. The monoisotopic (exact) mass is 374 g/mol. The third kappa shape index (κ3) is 2.53. The molecule has 5 nitrogen and oxygen atoms in total. The van der Waals surface area contributed by atoms with Crippen molar-refractivity contribution in [2.45, 2.75) is 4.90 Å². The molecule has 2 aromatic heterocycles. The Morgan fingerprint density at radius 3 is 2.52 bits per heavy atom. The molecule has 0 aliphatic rings. The third-order valence-corrected chi connectivity index (χ3v) is 5.57. The van der Waals surface area contributed by atoms with E-state index in [2.05, 4.69) is 4.98 Å². The molecule has 0 aliphatic heterocycles. The van der Waals surface area contributed by atoms with Crippen LogP contribution < -0.4 is 0 Å². The van der Waals surface area contributed by atoms with Crippen molar-refractivity contribution in [2.24, 2.45) is 0 Å². The van der Waals surface area contributed by atoms with E-state index in [9.17, 15) is 4.21 Å². The highest BCUT2D eigenvalue weighted by molar-refractivity contribution is 7.80. The quantitative estimate of drug-likeness (QED) is 0.451. The molecule has 132 valence electrons. The average molecular weight is 374 g/mol. The van der Waals surface area contributed by atoms with Crippen molar-refractivity contribution in [1.82, 2.24) is 9.97 Å². The fourth-order valence-corrected chi connectivity index (χ4v) is 4.09. The molecule has 6 heteroatoms. The predicted molar refractivity (Wildman–Crippen MR) is 106 cm³/mol. The zero-order valence-electron chi connectivity index (χ0n) is 14.4. The standard InChI is InChI=1S/C21H14N2O3S/c1-25-27(24)19-12-18-20(15-8-3-2-7-14(15)19)23-21(26-18)16-10-11-22-17-9-5-4-6-13(16)17/h2-12H,1H3. The van der Waals surface area contributed by atoms with Crippen LogP contribution in [0.1, 0.15) is 0 Å². The van der Waals surface area contributed by atoms with Gasteiger partial charge in [-0.25, -0.2) is 9.19 Å². The summed E-state index contributed by atoms with van der Waals surface area (Å²) in [6.07, 6.45) is 1.75. The molecule has 5 rings (SSSR count). The minimum atomic E-state index is -1.58. The molecule has 0 N–H and O–H groups in total. The number of hydrogen-bond acceptors (Lipinski definition) is 5. The van der Waals surface area contributed by atoms with Crippen LogP contribution in [0.3, 0.4) is 0 Å². The van der Waals surface area contributed by atoms with Crippen molar-refractivity contribution >= 4 is 43.9 Å². The lowest BCUT2D eigenvalue weighted by atomic mass is 10.1. The highest BCUT2D eigenvalue weighted by Gasteiger charge is 2.18. The smallest absolute Gasteiger partial charge is 0.228 e. The highest BCUT2D eigenvalue weighted by atomic mass is 32.2. The number of oxazole rings is 1. The van der Waals surface area contributed by atoms with E-state index in [4.69, 9.17) is 13.6 Å². The molecule has 0 fully saturated rings. The summed E-state index contributed by atoms with van der Waals surface area (Å²) >= 11 is -1.58. The van der Waals surface area contributed by atoms with Gasteiger partial charge in [-0.05, 0) is 12.1 Å². The van der Waals surface area contributed by atoms with Gasteiger partial charge in [-0.3, -0.25) is 9.17 Å². The van der Waals surface area contributed by atoms with Crippen LogP contribution in [0.15, 0.2) is 76.2 Å². The molecule has 0 spiro atoms. The highest BCUT2D eigenvalue weighted by Crippen LogP contribution is 2.35. The topological polar surface area (TPSA) is 65.2 Å². The summed E-state index contributed by atoms with van der Waals surface area (Å²) in [6.45, 7) is 0. The Labute approximate surface area is 157 Å². The van der Waals surface area contributed by atoms with E-state index in [1.165, 1.54) is 7.11 Å². The Kier molecular flexibility index (Phi) is 3.74. The van der Waals surface area contributed by atoms with Crippen LogP contribution in [0.25, 0.3) is 44.2 Å². The molecule has 1 unspecified atom stereocenters. The summed E-state index contributed by atoms with van der Waals surface area (Å²) < 4.78 is 23.5. The first kappa shape index (κ1) is 16.1. The lowest BCUT2D eigenvalue weighted by Crippen LogP contribution is -1.94. The first-order chi connectivity index (χ1) is 13.3. The van der Waals surface area contributed by atoms with Crippen molar-refractivity contribution in [3.63, 3.8) is 0 Å². The molecular weight excluding hydrogens is 360 g/mol. The van der Waals surface area contributed by atoms with Crippen LogP contribution in [0.5, 0.6) is 0 Å². The van der Waals surface area contributed by atoms with Crippen LogP contribution in [0.2, 0.25) is 0 Å². The van der Waals surface area contributed by atoms with Crippen molar-refractivity contribution in [1.29, 1.82) is 0 Å². The lowest BCUT2D eigenvalue weighted by molar-refractivity contribution is 0.446. The van der Waals surface area contributed by atoms with E-state index in [0.717, 1.165) is 32.8 Å². The van der Waals surface area contributed by atoms with Crippen LogP contribution in [-0.2, 0) is 15.3 Å². The molecule has 0 amide bonds. The summed E-state index contributed by atoms with van der Waals surface area (Å²) in [5.74, 6) is 0.508. The molecule has 1 atom stereocenters. The second-order valence-electron chi connectivity index (χ2n) is 6.06. The second-order valence-corrected chi connectivity index (χ2v) is 7.31. The SMILES string of the molecule is COS(=O)c1cc2oc(-c3ccnc4ccccc34)nc2c2ccccc12. The van der Waals surface area contributed by atoms with Crippen molar-refractivity contribution in [2.75, 3.05) is 7.11 Å². The number of pyridine rings is 1. The maximum Gasteiger partial charge on any atom is 0.228 e. The first-order valence-electron chi connectivity index (χ1n) is 8.39. The molecule has 0 radical (unpaired) electrons. The van der Waals surface area contributed by atoms with Gasteiger partial charge >= 0.3 is 0 Å². The van der Waals surface area contributed by atoms with Gasteiger partial charge in [0, 0.05) is 34.0 Å². The van der Waals surface area contributed by atoms with Crippen molar-refractivity contribution in [3.8, 4) is 11.5 Å². The Morgan fingerprint density at radius 1 is 0.963 bits per heavy atom. The van der Waals surface area contributed by atoms with E-state index in [1.807, 2.05) is 54.6 Å². The third-order valence-electron chi connectivity index (χ3n) is 4.57. The Bertz CT molecular complexity index is 1340. The summed E-state index contributed by atoms with van der Waals surface area (Å²) in [7, 11) is 1.42. The lowest BCUT2D eigenvalue weighted by Gasteiger charge is -2.04. The molecule has 0 saturated carbocycles. The molecule has 2 heterocycles. The van der Waals surface area contributed by atoms with Gasteiger partial charge in [0.15, 0.2) is 16.7 Å². The van der Waals surface area contributed by atoms with Gasteiger partial charge in [-0.2, -0.15) is 0 Å². The Balaban J connectivity index is 1.84. The number of benzene rings is 3. The van der Waals surface area contributed by atoms with Crippen LogP contribution in [0, 0.1) is 0 Å². The number of nitrogens with zero attached hydrogens (tertiary/aromatic N) is 2. The van der Waals surface area contributed by atoms with E-state index in [1.54, 1.807) is 12.3 Å². The Morgan fingerprint density at radius 2 is 1.70 bits per heavy atom. The van der Waals surface area contributed by atoms with Gasteiger partial charge in [-0.15, -0.1) is 0 Å². The summed E-state index contributed by atoms with van der Waals surface area (Å²) in [5, 5.41) is 2.69. The van der Waals surface area contributed by atoms with Crippen molar-refractivity contribution in [3.05, 3.63) is 66.9 Å². The summed E-state index contributed by atoms with van der Waals surface area (Å²) in [4.78, 5) is 9.72. The van der Waals surface area contributed by atoms with Crippen LogP contribution in [0.4, 0.5) is 0 Å². The second kappa shape index (κ2) is 6.26. The molecule has 0 bridgehead atoms. The molecule has 3 aromatic carbocycles. The van der Waals surface area contributed by atoms with E-state index >= 15 is 0 Å². The predicted octanol–water partition coefficient (Wildman–Crippen LogP) is 4.87. The molecule has 27 heavy (non-hydrogen) atoms. The van der Waals surface area contributed by atoms with Crippen LogP contribution >= 0.6 is 0 Å². The molecule has 0 saturated heterocycles. The van der Waals surface area contributed by atoms with Gasteiger partial charge in [0.05, 0.1) is 17.5 Å². The van der Waals surface area contributed by atoms with Gasteiger partial charge in [0.25, 0.3) is 0 Å². The summed E-state index contributed by atoms with van der Waals surface area (Å²) in [6, 6.07) is 19.2. The van der Waals surface area contributed by atoms with Gasteiger partial charge in [-0.1, -0.05) is 42.5 Å². The molecule has 0 aliphatic carbocycles. The summed E-state index contributed by atoms with van der Waals surface area (Å²) in [5.41, 5.74) is 3.06. The fraction of sp³-hybridized carbons (Fsp3) is 0.0476. The average Bonchev–Trinajstić information content (AvgIpc) is 3.16. The zero-order valence-corrected chi connectivity index (χ0v) is 15.2. The minimum Gasteiger partial charge on any atom is -0.436 e. The fourth-order valence-electron chi connectivity index (χ4n) is 3.35. The number of aromatic nitrogens is 2. The number of rotatable bonds is 3. The van der Waals surface area contributed by atoms with Crippen molar-refractivity contribution < 1.29 is 12.8 Å². The number of fused-ring (bicyclic) bond motifs is 4. The maximum absolute atomic E-state index is 12.3. The van der Waals surface area contributed by atoms with Crippen LogP contribution in [-0.4, -0.2) is 21.3 Å². The molecular formula is C21H14N2O3S. The van der Waals surface area contributed by atoms with E-state index < -0.39 is 11.1 Å². The normalized spacial score (nSPS) is 12.8. The maximum atomic E-state index is 12.3. The van der Waals surface area contributed by atoms with E-state index in [-0.39, 0.29) is 0 Å². The largest absolute Gasteiger partial charge is 0.436 e. The van der Waals surface area contributed by atoms with E-state index in [0.29, 0.717) is 16.4 Å². The molecule has 5 aromatic rings. The minimum absolute atomic E-state index is 0.508. The Hall–Kier alpha value is -3.09. The van der Waals surface area contributed by atoms with Gasteiger partial charge < -0.3 is 4.42 Å². The van der Waals surface area contributed by atoms with Gasteiger partial charge in [0.2, 0.25) is 5.89 Å². The first-order valence-corrected chi connectivity index (χ1v) is 9.46. The van der Waals surface area contributed by atoms with Gasteiger partial charge in [0.1, 0.15) is 5.52 Å². The number of hydrogen-bond donors (Lipinski definition) is 0.